The standard InChI is InChI=1S/C42H28ClNS.C12H15N.C9H11Cl/c43-33-22-31(27-9-3-1-4-10-27)21-32(23-33)30-16-19-37-38-24-28(17-20-41(38)45-42(37)26-30)29-15-18-36-35-13-7-8-14-39(35)44(40(36)25-29)34-11-5-2-6-12-34;1-4-8-11(2)13(3)12-9-6-5-7-10-12;1-7(2)8-3-5-9(10)6-4-8/h1-6,8-12,14-26H,7,13H2;4-10H,2H2,1,3H3;3-7H,1-2H3/b;8-4-;. The lowest BCUT2D eigenvalue weighted by molar-refractivity contribution is 0.867. The third kappa shape index (κ3) is 10.2. The minimum absolute atomic E-state index is 0.595. The van der Waals surface area contributed by atoms with Crippen LogP contribution < -0.4 is 4.90 Å². The molecule has 0 bridgehead atoms. The molecule has 0 saturated carbocycles. The number of aromatic nitrogens is 1. The number of para-hydroxylation sites is 2. The SMILES string of the molecule is C=C(/C=C\C)N(C)c1ccccc1.CC(C)c1ccc(Cl)cc1.Clc1cc(-c2ccccc2)cc(-c2ccc3c(c2)sc2ccc(-c4ccc5c6c(n(-c7ccccc7)c5c4)C=CCC6)cc23)c1. The fourth-order valence-corrected chi connectivity index (χ4v) is 10.4. The average Bonchev–Trinajstić information content (AvgIpc) is 3.92. The number of aryl methyl sites for hydroxylation is 1. The van der Waals surface area contributed by atoms with Crippen LogP contribution in [0, 0.1) is 0 Å². The molecule has 0 radical (unpaired) electrons. The minimum Gasteiger partial charge on any atom is -0.345 e. The molecular formula is C63H54Cl2N2S. The molecule has 0 saturated heterocycles. The van der Waals surface area contributed by atoms with Gasteiger partial charge in [-0.2, -0.15) is 0 Å². The molecular weight excluding hydrogens is 888 g/mol. The Morgan fingerprint density at radius 2 is 1.22 bits per heavy atom. The highest BCUT2D eigenvalue weighted by molar-refractivity contribution is 7.25. The van der Waals surface area contributed by atoms with Crippen LogP contribution in [0.25, 0.3) is 76.2 Å². The van der Waals surface area contributed by atoms with Crippen molar-refractivity contribution in [3.63, 3.8) is 0 Å². The second-order valence-electron chi connectivity index (χ2n) is 17.4. The molecule has 11 rings (SSSR count). The van der Waals surface area contributed by atoms with Crippen LogP contribution in [0.2, 0.25) is 10.0 Å². The number of thiophene rings is 1. The number of benzene rings is 8. The van der Waals surface area contributed by atoms with Crippen molar-refractivity contribution in [2.75, 3.05) is 11.9 Å². The second kappa shape index (κ2) is 21.0. The summed E-state index contributed by atoms with van der Waals surface area (Å²) in [5.41, 5.74) is 15.8. The summed E-state index contributed by atoms with van der Waals surface area (Å²) in [6.45, 7) is 10.3. The normalized spacial score (nSPS) is 11.9. The summed E-state index contributed by atoms with van der Waals surface area (Å²) in [5, 5.41) is 5.51. The van der Waals surface area contributed by atoms with Gasteiger partial charge < -0.3 is 9.47 Å². The Bertz CT molecular complexity index is 3420. The lowest BCUT2D eigenvalue weighted by atomic mass is 9.97. The van der Waals surface area contributed by atoms with Crippen molar-refractivity contribution in [1.29, 1.82) is 0 Å². The molecule has 8 aromatic carbocycles. The molecule has 2 heterocycles. The smallest absolute Gasteiger partial charge is 0.0543 e. The lowest BCUT2D eigenvalue weighted by Gasteiger charge is -2.19. The Morgan fingerprint density at radius 3 is 1.91 bits per heavy atom. The quantitative estimate of drug-likeness (QED) is 0.138. The zero-order chi connectivity index (χ0) is 47.1. The molecule has 0 fully saturated rings. The third-order valence-electron chi connectivity index (χ3n) is 12.6. The van der Waals surface area contributed by atoms with Crippen molar-refractivity contribution in [2.45, 2.75) is 39.5 Å². The summed E-state index contributed by atoms with van der Waals surface area (Å²) < 4.78 is 5.02. The Kier molecular flexibility index (Phi) is 14.3. The van der Waals surface area contributed by atoms with Crippen LogP contribution in [0.1, 0.15) is 49.9 Å². The molecule has 0 atom stereocenters. The summed E-state index contributed by atoms with van der Waals surface area (Å²) in [5.74, 6) is 0.595. The first-order chi connectivity index (χ1) is 33.1. The van der Waals surface area contributed by atoms with Crippen LogP contribution in [-0.2, 0) is 6.42 Å². The Morgan fingerprint density at radius 1 is 0.603 bits per heavy atom. The first-order valence-electron chi connectivity index (χ1n) is 23.2. The van der Waals surface area contributed by atoms with Gasteiger partial charge in [0.1, 0.15) is 0 Å². The molecule has 0 aliphatic heterocycles. The van der Waals surface area contributed by atoms with E-state index in [1.165, 1.54) is 75.8 Å². The average molecular weight is 942 g/mol. The van der Waals surface area contributed by atoms with E-state index in [1.54, 1.807) is 0 Å². The number of fused-ring (bicyclic) bond motifs is 6. The maximum absolute atomic E-state index is 6.62. The van der Waals surface area contributed by atoms with E-state index in [0.29, 0.717) is 5.92 Å². The number of anilines is 1. The van der Waals surface area contributed by atoms with Crippen LogP contribution in [-0.4, -0.2) is 11.6 Å². The Labute approximate surface area is 415 Å². The van der Waals surface area contributed by atoms with Crippen molar-refractivity contribution in [2.24, 2.45) is 0 Å². The number of rotatable bonds is 8. The van der Waals surface area contributed by atoms with Gasteiger partial charge in [-0.05, 0) is 161 Å². The van der Waals surface area contributed by atoms with Gasteiger partial charge >= 0.3 is 0 Å². The summed E-state index contributed by atoms with van der Waals surface area (Å²) in [4.78, 5) is 2.06. The van der Waals surface area contributed by atoms with E-state index in [9.17, 15) is 0 Å². The van der Waals surface area contributed by atoms with E-state index < -0.39 is 0 Å². The first-order valence-corrected chi connectivity index (χ1v) is 24.8. The van der Waals surface area contributed by atoms with Gasteiger partial charge in [-0.25, -0.2) is 0 Å². The highest BCUT2D eigenvalue weighted by Gasteiger charge is 2.19. The number of likely N-dealkylation sites (N-methyl/N-ethyl adjacent to an activating group) is 1. The molecule has 0 amide bonds. The summed E-state index contributed by atoms with van der Waals surface area (Å²) in [6, 6.07) is 66.5. The predicted molar refractivity (Wildman–Crippen MR) is 299 cm³/mol. The lowest BCUT2D eigenvalue weighted by Crippen LogP contribution is -2.13. The molecule has 1 aliphatic carbocycles. The maximum Gasteiger partial charge on any atom is 0.0543 e. The topological polar surface area (TPSA) is 8.17 Å². The van der Waals surface area contributed by atoms with Crippen molar-refractivity contribution in [3.8, 4) is 39.1 Å². The number of allylic oxidation sites excluding steroid dienone is 3. The molecule has 0 N–H and O–H groups in total. The number of nitrogens with zero attached hydrogens (tertiary/aromatic N) is 2. The van der Waals surface area contributed by atoms with Crippen molar-refractivity contribution >= 4 is 77.4 Å². The van der Waals surface area contributed by atoms with Crippen molar-refractivity contribution in [1.82, 2.24) is 4.57 Å². The van der Waals surface area contributed by atoms with E-state index >= 15 is 0 Å². The highest BCUT2D eigenvalue weighted by atomic mass is 35.5. The number of hydrogen-bond donors (Lipinski definition) is 0. The van der Waals surface area contributed by atoms with Crippen molar-refractivity contribution < 1.29 is 0 Å². The van der Waals surface area contributed by atoms with Crippen molar-refractivity contribution in [3.05, 3.63) is 245 Å². The molecule has 1 aliphatic rings. The fraction of sp³-hybridized carbons (Fsp3) is 0.111. The predicted octanol–water partition coefficient (Wildman–Crippen LogP) is 19.3. The van der Waals surface area contributed by atoms with Crippen LogP contribution in [0.3, 0.4) is 0 Å². The van der Waals surface area contributed by atoms with Gasteiger partial charge in [-0.15, -0.1) is 11.3 Å². The van der Waals surface area contributed by atoms with Gasteiger partial charge in [0.05, 0.1) is 5.52 Å². The summed E-state index contributed by atoms with van der Waals surface area (Å²) >= 11 is 14.2. The van der Waals surface area contributed by atoms with Gasteiger partial charge in [0.15, 0.2) is 0 Å². The van der Waals surface area contributed by atoms with Crippen LogP contribution in [0.4, 0.5) is 5.69 Å². The highest BCUT2D eigenvalue weighted by Crippen LogP contribution is 2.41. The molecule has 2 nitrogen and oxygen atoms in total. The number of hydrogen-bond acceptors (Lipinski definition) is 2. The Hall–Kier alpha value is -6.88. The zero-order valence-corrected chi connectivity index (χ0v) is 41.3. The zero-order valence-electron chi connectivity index (χ0n) is 39.0. The van der Waals surface area contributed by atoms with E-state index in [0.717, 1.165) is 45.4 Å². The Balaban J connectivity index is 0.000000206. The van der Waals surface area contributed by atoms with Crippen LogP contribution in [0.15, 0.2) is 219 Å². The molecule has 336 valence electrons. The van der Waals surface area contributed by atoms with Crippen LogP contribution in [0.5, 0.6) is 0 Å². The van der Waals surface area contributed by atoms with E-state index in [1.807, 2.05) is 79.9 Å². The maximum atomic E-state index is 6.62. The number of halogens is 2. The van der Waals surface area contributed by atoms with Gasteiger partial charge in [0.2, 0.25) is 0 Å². The first kappa shape index (κ1) is 46.2. The van der Waals surface area contributed by atoms with Gasteiger partial charge in [-0.3, -0.25) is 0 Å². The molecule has 0 spiro atoms. The third-order valence-corrected chi connectivity index (χ3v) is 14.2. The molecule has 68 heavy (non-hydrogen) atoms. The fourth-order valence-electron chi connectivity index (χ4n) is 8.93. The largest absolute Gasteiger partial charge is 0.345 e. The van der Waals surface area contributed by atoms with Gasteiger partial charge in [0, 0.05) is 65.4 Å². The van der Waals surface area contributed by atoms with E-state index in [4.69, 9.17) is 23.2 Å². The molecule has 5 heteroatoms. The van der Waals surface area contributed by atoms with Crippen LogP contribution >= 0.6 is 34.5 Å². The molecule has 0 unspecified atom stereocenters. The second-order valence-corrected chi connectivity index (χ2v) is 19.4. The van der Waals surface area contributed by atoms with Gasteiger partial charge in [0.25, 0.3) is 0 Å². The van der Waals surface area contributed by atoms with E-state index in [2.05, 4.69) is 188 Å². The van der Waals surface area contributed by atoms with Gasteiger partial charge in [-0.1, -0.05) is 165 Å². The van der Waals surface area contributed by atoms with E-state index in [-0.39, 0.29) is 0 Å². The minimum atomic E-state index is 0.595. The molecule has 2 aromatic heterocycles. The summed E-state index contributed by atoms with van der Waals surface area (Å²) in [7, 11) is 2.01. The summed E-state index contributed by atoms with van der Waals surface area (Å²) in [6.07, 6.45) is 10.8. The molecule has 10 aromatic rings. The monoisotopic (exact) mass is 940 g/mol.